The quantitative estimate of drug-likeness (QED) is 0.877. The van der Waals surface area contributed by atoms with Crippen molar-refractivity contribution in [2.45, 2.75) is 6.42 Å². The molecule has 1 aromatic carbocycles. The Morgan fingerprint density at radius 3 is 3.12 bits per heavy atom. The molecule has 0 fully saturated rings. The van der Waals surface area contributed by atoms with Crippen LogP contribution in [-0.2, 0) is 4.79 Å². The van der Waals surface area contributed by atoms with E-state index in [-0.39, 0.29) is 5.91 Å². The van der Waals surface area contributed by atoms with E-state index in [9.17, 15) is 4.79 Å². The van der Waals surface area contributed by atoms with E-state index in [1.54, 1.807) is 11.6 Å². The summed E-state index contributed by atoms with van der Waals surface area (Å²) in [6.07, 6.45) is 0.414. The third-order valence-electron chi connectivity index (χ3n) is 2.04. The monoisotopic (exact) mass is 318 g/mol. The third kappa shape index (κ3) is 2.36. The first kappa shape index (κ1) is 11.8. The van der Waals surface area contributed by atoms with E-state index >= 15 is 0 Å². The molecule has 0 bridgehead atoms. The molecular weight excluding hydrogens is 312 g/mol. The summed E-state index contributed by atoms with van der Waals surface area (Å²) in [6, 6.07) is 3.67. The molecule has 0 spiro atoms. The van der Waals surface area contributed by atoms with Gasteiger partial charge in [0.2, 0.25) is 5.91 Å². The number of rotatable bonds is 3. The van der Waals surface area contributed by atoms with Gasteiger partial charge in [-0.3, -0.25) is 4.79 Å². The first-order valence-corrected chi connectivity index (χ1v) is 6.98. The molecule has 6 heteroatoms. The average molecular weight is 320 g/mol. The fourth-order valence-electron chi connectivity index (χ4n) is 1.31. The van der Waals surface area contributed by atoms with Crippen molar-refractivity contribution >= 4 is 60.7 Å². The number of alkyl halides is 1. The van der Waals surface area contributed by atoms with E-state index in [2.05, 4.69) is 26.2 Å². The van der Waals surface area contributed by atoms with E-state index in [1.165, 1.54) is 11.3 Å². The minimum absolute atomic E-state index is 0.0701. The van der Waals surface area contributed by atoms with Crippen molar-refractivity contribution in [1.82, 2.24) is 4.98 Å². The number of fused-ring (bicyclic) bond motifs is 1. The van der Waals surface area contributed by atoms with Crippen molar-refractivity contribution in [2.75, 3.05) is 10.6 Å². The van der Waals surface area contributed by atoms with E-state index in [0.717, 1.165) is 10.2 Å². The van der Waals surface area contributed by atoms with Crippen molar-refractivity contribution in [3.05, 3.63) is 22.7 Å². The van der Waals surface area contributed by atoms with Crippen LogP contribution in [0.3, 0.4) is 0 Å². The molecule has 1 heterocycles. The number of nitrogens with one attached hydrogen (secondary N) is 1. The fourth-order valence-corrected chi connectivity index (χ4v) is 2.56. The highest BCUT2D eigenvalue weighted by Crippen LogP contribution is 2.32. The molecule has 0 aliphatic rings. The van der Waals surface area contributed by atoms with Gasteiger partial charge in [-0.15, -0.1) is 11.3 Å². The molecule has 0 unspecified atom stereocenters. The molecule has 0 saturated heterocycles. The van der Waals surface area contributed by atoms with Crippen molar-refractivity contribution in [1.29, 1.82) is 0 Å². The molecule has 0 aliphatic carbocycles. The van der Waals surface area contributed by atoms with E-state index < -0.39 is 0 Å². The molecule has 0 aliphatic heterocycles. The number of nitrogens with zero attached hydrogens (tertiary/aromatic N) is 1. The number of aromatic nitrogens is 1. The zero-order valence-electron chi connectivity index (χ0n) is 8.17. The Labute approximate surface area is 110 Å². The number of carbonyl (C=O) groups is 1. The smallest absolute Gasteiger partial charge is 0.225 e. The van der Waals surface area contributed by atoms with Crippen LogP contribution in [0.4, 0.5) is 5.69 Å². The van der Waals surface area contributed by atoms with Gasteiger partial charge < -0.3 is 5.32 Å². The highest BCUT2D eigenvalue weighted by Gasteiger charge is 2.11. The lowest BCUT2D eigenvalue weighted by atomic mass is 10.2. The first-order valence-electron chi connectivity index (χ1n) is 4.60. The Balaban J connectivity index is 2.38. The van der Waals surface area contributed by atoms with E-state index in [1.807, 2.05) is 6.07 Å². The highest BCUT2D eigenvalue weighted by atomic mass is 79.9. The van der Waals surface area contributed by atoms with Gasteiger partial charge in [-0.25, -0.2) is 4.98 Å². The van der Waals surface area contributed by atoms with Gasteiger partial charge in [-0.1, -0.05) is 27.5 Å². The molecule has 1 aromatic heterocycles. The summed E-state index contributed by atoms with van der Waals surface area (Å²) in [5.41, 5.74) is 3.09. The van der Waals surface area contributed by atoms with Gasteiger partial charge in [0, 0.05) is 11.8 Å². The van der Waals surface area contributed by atoms with Crippen LogP contribution in [0, 0.1) is 0 Å². The second-order valence-electron chi connectivity index (χ2n) is 3.11. The second-order valence-corrected chi connectivity index (χ2v) is 5.20. The van der Waals surface area contributed by atoms with Crippen LogP contribution < -0.4 is 5.32 Å². The molecule has 1 N–H and O–H groups in total. The number of thiazole rings is 1. The second kappa shape index (κ2) is 5.12. The predicted octanol–water partition coefficient (Wildman–Crippen LogP) is 3.67. The van der Waals surface area contributed by atoms with Crippen molar-refractivity contribution in [2.24, 2.45) is 0 Å². The zero-order valence-corrected chi connectivity index (χ0v) is 11.3. The van der Waals surface area contributed by atoms with Gasteiger partial charge >= 0.3 is 0 Å². The lowest BCUT2D eigenvalue weighted by Gasteiger charge is -2.06. The SMILES string of the molecule is O=C(CCBr)Nc1c(Cl)ccc2scnc12. The minimum Gasteiger partial charge on any atom is -0.323 e. The average Bonchev–Trinajstić information content (AvgIpc) is 2.71. The van der Waals surface area contributed by atoms with Crippen LogP contribution in [0.1, 0.15) is 6.42 Å². The Morgan fingerprint density at radius 1 is 1.56 bits per heavy atom. The van der Waals surface area contributed by atoms with Crippen LogP contribution in [0.25, 0.3) is 10.2 Å². The third-order valence-corrected chi connectivity index (χ3v) is 3.54. The number of benzene rings is 1. The maximum absolute atomic E-state index is 11.5. The minimum atomic E-state index is -0.0701. The normalized spacial score (nSPS) is 10.6. The summed E-state index contributed by atoms with van der Waals surface area (Å²) in [5.74, 6) is -0.0701. The molecule has 0 atom stereocenters. The Hall–Kier alpha value is -0.650. The molecule has 0 saturated carbocycles. The van der Waals surface area contributed by atoms with Gasteiger partial charge in [-0.2, -0.15) is 0 Å². The lowest BCUT2D eigenvalue weighted by Crippen LogP contribution is -2.12. The topological polar surface area (TPSA) is 42.0 Å². The van der Waals surface area contributed by atoms with Crippen molar-refractivity contribution in [3.63, 3.8) is 0 Å². The molecular formula is C10H8BrClN2OS. The maximum Gasteiger partial charge on any atom is 0.225 e. The summed E-state index contributed by atoms with van der Waals surface area (Å²) >= 11 is 10.8. The van der Waals surface area contributed by atoms with Crippen molar-refractivity contribution in [3.8, 4) is 0 Å². The van der Waals surface area contributed by atoms with E-state index in [0.29, 0.717) is 22.5 Å². The molecule has 16 heavy (non-hydrogen) atoms. The molecule has 84 valence electrons. The zero-order chi connectivity index (χ0) is 11.5. The number of hydrogen-bond acceptors (Lipinski definition) is 3. The molecule has 2 aromatic rings. The summed E-state index contributed by atoms with van der Waals surface area (Å²) in [7, 11) is 0. The summed E-state index contributed by atoms with van der Waals surface area (Å²) in [4.78, 5) is 15.7. The fraction of sp³-hybridized carbons (Fsp3) is 0.200. The van der Waals surface area contributed by atoms with Gasteiger partial charge in [0.15, 0.2) is 0 Å². The summed E-state index contributed by atoms with van der Waals surface area (Å²) in [5, 5.41) is 3.93. The van der Waals surface area contributed by atoms with Gasteiger partial charge in [-0.05, 0) is 12.1 Å². The number of hydrogen-bond donors (Lipinski definition) is 1. The van der Waals surface area contributed by atoms with Crippen LogP contribution in [0.5, 0.6) is 0 Å². The molecule has 2 rings (SSSR count). The number of anilines is 1. The molecule has 1 amide bonds. The largest absolute Gasteiger partial charge is 0.323 e. The Morgan fingerprint density at radius 2 is 2.38 bits per heavy atom. The van der Waals surface area contributed by atoms with Gasteiger partial charge in [0.1, 0.15) is 5.52 Å². The van der Waals surface area contributed by atoms with Crippen LogP contribution in [0.15, 0.2) is 17.6 Å². The van der Waals surface area contributed by atoms with Crippen LogP contribution in [0.2, 0.25) is 5.02 Å². The number of amides is 1. The van der Waals surface area contributed by atoms with E-state index in [4.69, 9.17) is 11.6 Å². The van der Waals surface area contributed by atoms with Crippen LogP contribution >= 0.6 is 38.9 Å². The highest BCUT2D eigenvalue weighted by molar-refractivity contribution is 9.09. The number of halogens is 2. The predicted molar refractivity (Wildman–Crippen MR) is 71.7 cm³/mol. The standard InChI is InChI=1S/C10H8BrClN2OS/c11-4-3-8(15)14-9-6(12)1-2-7-10(9)13-5-16-7/h1-2,5H,3-4H2,(H,14,15). The van der Waals surface area contributed by atoms with Gasteiger partial charge in [0.25, 0.3) is 0 Å². The summed E-state index contributed by atoms with van der Waals surface area (Å²) in [6.45, 7) is 0. The first-order chi connectivity index (χ1) is 7.72. The van der Waals surface area contributed by atoms with Gasteiger partial charge in [0.05, 0.1) is 20.9 Å². The molecule has 3 nitrogen and oxygen atoms in total. The maximum atomic E-state index is 11.5. The lowest BCUT2D eigenvalue weighted by molar-refractivity contribution is -0.115. The summed E-state index contributed by atoms with van der Waals surface area (Å²) < 4.78 is 1.01. The molecule has 0 radical (unpaired) electrons. The van der Waals surface area contributed by atoms with Crippen LogP contribution in [-0.4, -0.2) is 16.2 Å². The Bertz CT molecular complexity index is 529. The van der Waals surface area contributed by atoms with Crippen molar-refractivity contribution < 1.29 is 4.79 Å². The Kier molecular flexibility index (Phi) is 3.78. The number of carbonyl (C=O) groups excluding carboxylic acids is 1.